The van der Waals surface area contributed by atoms with E-state index in [0.717, 1.165) is 19.5 Å². The smallest absolute Gasteiger partial charge is 0.411 e. The van der Waals surface area contributed by atoms with Crippen LogP contribution >= 0.6 is 0 Å². The second-order valence-electron chi connectivity index (χ2n) is 6.48. The van der Waals surface area contributed by atoms with Crippen molar-refractivity contribution < 1.29 is 18.7 Å². The number of carboxylic acid groups (broad SMARTS) is 1. The van der Waals surface area contributed by atoms with Gasteiger partial charge >= 0.3 is 6.09 Å². The Balaban J connectivity index is 1.98. The Morgan fingerprint density at radius 2 is 1.88 bits per heavy atom. The van der Waals surface area contributed by atoms with E-state index in [-0.39, 0.29) is 5.92 Å². The summed E-state index contributed by atoms with van der Waals surface area (Å²) in [5.41, 5.74) is 1.43. The highest BCUT2D eigenvalue weighted by molar-refractivity contribution is 5.92. The number of anilines is 1. The SMILES string of the molecule is CN1CC[C@H](CN(C(=O)O)c2ccc(F)cc2-c2ccc(F)cc2)C1. The quantitative estimate of drug-likeness (QED) is 0.908. The third-order valence-electron chi connectivity index (χ3n) is 4.57. The molecule has 1 heterocycles. The molecule has 6 heteroatoms. The summed E-state index contributed by atoms with van der Waals surface area (Å²) >= 11 is 0. The van der Waals surface area contributed by atoms with E-state index < -0.39 is 17.7 Å². The van der Waals surface area contributed by atoms with E-state index in [2.05, 4.69) is 4.90 Å². The molecule has 0 aliphatic carbocycles. The van der Waals surface area contributed by atoms with Crippen LogP contribution < -0.4 is 4.90 Å². The zero-order valence-corrected chi connectivity index (χ0v) is 14.0. The molecule has 1 aliphatic rings. The summed E-state index contributed by atoms with van der Waals surface area (Å²) in [6.07, 6.45) is -0.155. The first-order valence-corrected chi connectivity index (χ1v) is 8.18. The van der Waals surface area contributed by atoms with Gasteiger partial charge in [-0.05, 0) is 61.8 Å². The highest BCUT2D eigenvalue weighted by Gasteiger charge is 2.27. The highest BCUT2D eigenvalue weighted by Crippen LogP contribution is 2.33. The predicted octanol–water partition coefficient (Wildman–Crippen LogP) is 4.07. The number of halogens is 2. The summed E-state index contributed by atoms with van der Waals surface area (Å²) in [4.78, 5) is 15.3. The lowest BCUT2D eigenvalue weighted by Crippen LogP contribution is -2.35. The molecule has 1 saturated heterocycles. The van der Waals surface area contributed by atoms with Crippen molar-refractivity contribution >= 4 is 11.8 Å². The van der Waals surface area contributed by atoms with Gasteiger partial charge in [-0.2, -0.15) is 0 Å². The standard InChI is InChI=1S/C19H20F2N2O2/c1-22-9-8-13(11-22)12-23(19(24)25)18-7-6-16(21)10-17(18)14-2-4-15(20)5-3-14/h2-7,10,13H,8-9,11-12H2,1H3,(H,24,25)/t13-/m0/s1. The van der Waals surface area contributed by atoms with Crippen molar-refractivity contribution in [3.63, 3.8) is 0 Å². The van der Waals surface area contributed by atoms with Crippen molar-refractivity contribution in [3.05, 3.63) is 54.1 Å². The van der Waals surface area contributed by atoms with Gasteiger partial charge in [-0.25, -0.2) is 13.6 Å². The van der Waals surface area contributed by atoms with Crippen LogP contribution in [0.1, 0.15) is 6.42 Å². The maximum Gasteiger partial charge on any atom is 0.411 e. The molecule has 1 N–H and O–H groups in total. The van der Waals surface area contributed by atoms with Crippen LogP contribution in [0.5, 0.6) is 0 Å². The average Bonchev–Trinajstić information content (AvgIpc) is 2.98. The molecule has 0 unspecified atom stereocenters. The van der Waals surface area contributed by atoms with Crippen molar-refractivity contribution in [2.45, 2.75) is 6.42 Å². The number of carbonyl (C=O) groups is 1. The van der Waals surface area contributed by atoms with Gasteiger partial charge in [0.25, 0.3) is 0 Å². The fourth-order valence-corrected chi connectivity index (χ4v) is 3.32. The molecule has 1 amide bonds. The Kier molecular flexibility index (Phi) is 4.99. The third-order valence-corrected chi connectivity index (χ3v) is 4.57. The van der Waals surface area contributed by atoms with E-state index in [0.29, 0.717) is 23.4 Å². The maximum atomic E-state index is 13.8. The Labute approximate surface area is 145 Å². The van der Waals surface area contributed by atoms with E-state index in [9.17, 15) is 18.7 Å². The predicted molar refractivity (Wildman–Crippen MR) is 92.8 cm³/mol. The number of benzene rings is 2. The third kappa shape index (κ3) is 3.96. The van der Waals surface area contributed by atoms with Crippen LogP contribution in [-0.4, -0.2) is 42.8 Å². The van der Waals surface area contributed by atoms with Gasteiger partial charge in [-0.15, -0.1) is 0 Å². The summed E-state index contributed by atoms with van der Waals surface area (Å²) in [5.74, 6) is -0.632. The highest BCUT2D eigenvalue weighted by atomic mass is 19.1. The monoisotopic (exact) mass is 346 g/mol. The van der Waals surface area contributed by atoms with Gasteiger partial charge in [0.05, 0.1) is 5.69 Å². The molecule has 0 spiro atoms. The first-order valence-electron chi connectivity index (χ1n) is 8.18. The molecule has 4 nitrogen and oxygen atoms in total. The molecular formula is C19H20F2N2O2. The van der Waals surface area contributed by atoms with Crippen molar-refractivity contribution in [1.29, 1.82) is 0 Å². The van der Waals surface area contributed by atoms with Crippen LogP contribution in [0.2, 0.25) is 0 Å². The summed E-state index contributed by atoms with van der Waals surface area (Å²) in [5, 5.41) is 9.70. The molecule has 2 aromatic carbocycles. The largest absolute Gasteiger partial charge is 0.465 e. The van der Waals surface area contributed by atoms with Crippen molar-refractivity contribution in [1.82, 2.24) is 4.90 Å². The number of hydrogen-bond acceptors (Lipinski definition) is 2. The van der Waals surface area contributed by atoms with E-state index in [4.69, 9.17) is 0 Å². The zero-order chi connectivity index (χ0) is 18.0. The molecular weight excluding hydrogens is 326 g/mol. The number of amides is 1. The Hall–Kier alpha value is -2.47. The lowest BCUT2D eigenvalue weighted by molar-refractivity contribution is 0.200. The number of rotatable bonds is 4. The first kappa shape index (κ1) is 17.4. The van der Waals surface area contributed by atoms with Gasteiger partial charge in [-0.3, -0.25) is 4.90 Å². The fraction of sp³-hybridized carbons (Fsp3) is 0.316. The Morgan fingerprint density at radius 1 is 1.20 bits per heavy atom. The number of likely N-dealkylation sites (tertiary alicyclic amines) is 1. The summed E-state index contributed by atoms with van der Waals surface area (Å²) < 4.78 is 27.0. The van der Waals surface area contributed by atoms with Crippen LogP contribution in [0.25, 0.3) is 11.1 Å². The van der Waals surface area contributed by atoms with E-state index in [1.54, 1.807) is 0 Å². The lowest BCUT2D eigenvalue weighted by atomic mass is 10.0. The van der Waals surface area contributed by atoms with Gasteiger partial charge in [0.1, 0.15) is 11.6 Å². The van der Waals surface area contributed by atoms with Crippen molar-refractivity contribution in [2.75, 3.05) is 31.6 Å². The van der Waals surface area contributed by atoms with E-state index in [1.807, 2.05) is 7.05 Å². The molecule has 1 fully saturated rings. The van der Waals surface area contributed by atoms with Crippen LogP contribution in [0.4, 0.5) is 19.3 Å². The fourth-order valence-electron chi connectivity index (χ4n) is 3.32. The van der Waals surface area contributed by atoms with Crippen molar-refractivity contribution in [3.8, 4) is 11.1 Å². The molecule has 2 aromatic rings. The van der Waals surface area contributed by atoms with E-state index in [1.165, 1.54) is 47.4 Å². The van der Waals surface area contributed by atoms with Gasteiger partial charge < -0.3 is 10.0 Å². The molecule has 0 radical (unpaired) electrons. The van der Waals surface area contributed by atoms with Gasteiger partial charge in [0, 0.05) is 18.7 Å². The van der Waals surface area contributed by atoms with Gasteiger partial charge in [0.15, 0.2) is 0 Å². The molecule has 0 saturated carbocycles. The number of nitrogens with zero attached hydrogens (tertiary/aromatic N) is 2. The molecule has 1 atom stereocenters. The first-order chi connectivity index (χ1) is 11.9. The summed E-state index contributed by atoms with van der Waals surface area (Å²) in [7, 11) is 2.01. The minimum atomic E-state index is -1.08. The lowest BCUT2D eigenvalue weighted by Gasteiger charge is -2.25. The minimum Gasteiger partial charge on any atom is -0.465 e. The molecule has 0 aromatic heterocycles. The van der Waals surface area contributed by atoms with E-state index >= 15 is 0 Å². The van der Waals surface area contributed by atoms with Crippen LogP contribution in [0, 0.1) is 17.6 Å². The molecule has 25 heavy (non-hydrogen) atoms. The minimum absolute atomic E-state index is 0.229. The van der Waals surface area contributed by atoms with Crippen LogP contribution in [0.3, 0.4) is 0 Å². The summed E-state index contributed by atoms with van der Waals surface area (Å²) in [6, 6.07) is 9.62. The summed E-state index contributed by atoms with van der Waals surface area (Å²) in [6.45, 7) is 2.11. The van der Waals surface area contributed by atoms with Crippen LogP contribution in [-0.2, 0) is 0 Å². The Bertz CT molecular complexity index is 765. The zero-order valence-electron chi connectivity index (χ0n) is 14.0. The maximum absolute atomic E-state index is 13.8. The molecule has 132 valence electrons. The van der Waals surface area contributed by atoms with Crippen LogP contribution in [0.15, 0.2) is 42.5 Å². The average molecular weight is 346 g/mol. The molecule has 1 aliphatic heterocycles. The normalized spacial score (nSPS) is 17.6. The Morgan fingerprint density at radius 3 is 2.48 bits per heavy atom. The second-order valence-corrected chi connectivity index (χ2v) is 6.48. The number of hydrogen-bond donors (Lipinski definition) is 1. The van der Waals surface area contributed by atoms with Gasteiger partial charge in [0.2, 0.25) is 0 Å². The molecule has 3 rings (SSSR count). The second kappa shape index (κ2) is 7.19. The molecule has 0 bridgehead atoms. The van der Waals surface area contributed by atoms with Gasteiger partial charge in [-0.1, -0.05) is 12.1 Å². The van der Waals surface area contributed by atoms with Crippen molar-refractivity contribution in [2.24, 2.45) is 5.92 Å². The topological polar surface area (TPSA) is 43.8 Å².